The van der Waals surface area contributed by atoms with Crippen molar-refractivity contribution in [1.82, 2.24) is 5.32 Å². The highest BCUT2D eigenvalue weighted by Crippen LogP contribution is 2.16. The Kier molecular flexibility index (Phi) is 5.26. The Morgan fingerprint density at radius 3 is 2.32 bits per heavy atom. The van der Waals surface area contributed by atoms with Crippen LogP contribution in [0.4, 0.5) is 5.69 Å². The van der Waals surface area contributed by atoms with E-state index in [9.17, 15) is 9.59 Å². The SMILES string of the molecule is Cc1ccccc1N[C@@H](NC(=O)c1cccs1)C(=O)c1ccccc1. The summed E-state index contributed by atoms with van der Waals surface area (Å²) in [6, 6.07) is 20.1. The molecule has 0 radical (unpaired) electrons. The van der Waals surface area contributed by atoms with E-state index in [1.807, 2.05) is 48.7 Å². The molecule has 0 aliphatic carbocycles. The molecule has 0 bridgehead atoms. The van der Waals surface area contributed by atoms with Crippen molar-refractivity contribution in [2.24, 2.45) is 0 Å². The average molecular weight is 350 g/mol. The molecule has 0 saturated heterocycles. The van der Waals surface area contributed by atoms with E-state index >= 15 is 0 Å². The number of amides is 1. The van der Waals surface area contributed by atoms with Crippen molar-refractivity contribution < 1.29 is 9.59 Å². The minimum atomic E-state index is -0.849. The second-order valence-corrected chi connectivity index (χ2v) is 6.52. The molecule has 5 heteroatoms. The van der Waals surface area contributed by atoms with Gasteiger partial charge in [-0.1, -0.05) is 54.6 Å². The highest BCUT2D eigenvalue weighted by Gasteiger charge is 2.23. The lowest BCUT2D eigenvalue weighted by atomic mass is 10.1. The van der Waals surface area contributed by atoms with E-state index in [2.05, 4.69) is 10.6 Å². The van der Waals surface area contributed by atoms with Gasteiger partial charge in [0.15, 0.2) is 6.17 Å². The van der Waals surface area contributed by atoms with Gasteiger partial charge in [0, 0.05) is 11.3 Å². The fourth-order valence-corrected chi connectivity index (χ4v) is 3.06. The predicted molar refractivity (Wildman–Crippen MR) is 101 cm³/mol. The van der Waals surface area contributed by atoms with Crippen LogP contribution in [0.3, 0.4) is 0 Å². The van der Waals surface area contributed by atoms with Gasteiger partial charge in [-0.3, -0.25) is 9.59 Å². The summed E-state index contributed by atoms with van der Waals surface area (Å²) in [7, 11) is 0. The van der Waals surface area contributed by atoms with Crippen molar-refractivity contribution in [1.29, 1.82) is 0 Å². The third kappa shape index (κ3) is 4.14. The molecule has 0 aliphatic rings. The van der Waals surface area contributed by atoms with Gasteiger partial charge in [-0.25, -0.2) is 0 Å². The van der Waals surface area contributed by atoms with Crippen LogP contribution in [0.25, 0.3) is 0 Å². The summed E-state index contributed by atoms with van der Waals surface area (Å²) in [5, 5.41) is 7.80. The Morgan fingerprint density at radius 2 is 1.64 bits per heavy atom. The number of Topliss-reactive ketones (excluding diaryl/α,β-unsaturated/α-hetero) is 1. The summed E-state index contributed by atoms with van der Waals surface area (Å²) >= 11 is 1.34. The largest absolute Gasteiger partial charge is 0.359 e. The van der Waals surface area contributed by atoms with Gasteiger partial charge in [0.25, 0.3) is 5.91 Å². The van der Waals surface area contributed by atoms with Crippen molar-refractivity contribution in [2.75, 3.05) is 5.32 Å². The maximum Gasteiger partial charge on any atom is 0.263 e. The fourth-order valence-electron chi connectivity index (χ4n) is 2.44. The monoisotopic (exact) mass is 350 g/mol. The molecule has 126 valence electrons. The number of aryl methyl sites for hydroxylation is 1. The van der Waals surface area contributed by atoms with Gasteiger partial charge in [-0.2, -0.15) is 0 Å². The van der Waals surface area contributed by atoms with E-state index in [1.54, 1.807) is 30.3 Å². The molecule has 1 atom stereocenters. The van der Waals surface area contributed by atoms with Crippen LogP contribution in [-0.2, 0) is 0 Å². The molecule has 1 aromatic heterocycles. The standard InChI is InChI=1S/C20H18N2O2S/c1-14-8-5-6-11-16(14)21-19(18(23)15-9-3-2-4-10-15)22-20(24)17-12-7-13-25-17/h2-13,19,21H,1H3,(H,22,24)/t19-/m0/s1. The molecule has 2 aromatic carbocycles. The molecule has 0 aliphatic heterocycles. The number of carbonyl (C=O) groups excluding carboxylic acids is 2. The number of para-hydroxylation sites is 1. The maximum absolute atomic E-state index is 12.9. The molecule has 1 heterocycles. The number of hydrogen-bond acceptors (Lipinski definition) is 4. The summed E-state index contributed by atoms with van der Waals surface area (Å²) in [4.78, 5) is 25.9. The highest BCUT2D eigenvalue weighted by atomic mass is 32.1. The molecule has 1 amide bonds. The minimum Gasteiger partial charge on any atom is -0.359 e. The van der Waals surface area contributed by atoms with Crippen LogP contribution in [-0.4, -0.2) is 17.9 Å². The first kappa shape index (κ1) is 16.9. The van der Waals surface area contributed by atoms with E-state index in [1.165, 1.54) is 11.3 Å². The highest BCUT2D eigenvalue weighted by molar-refractivity contribution is 7.12. The lowest BCUT2D eigenvalue weighted by molar-refractivity contribution is 0.0872. The predicted octanol–water partition coefficient (Wildman–Crippen LogP) is 4.11. The Balaban J connectivity index is 1.86. The third-order valence-corrected chi connectivity index (χ3v) is 4.65. The van der Waals surface area contributed by atoms with Gasteiger partial charge in [-0.05, 0) is 30.0 Å². The molecule has 2 N–H and O–H groups in total. The summed E-state index contributed by atoms with van der Waals surface area (Å²) < 4.78 is 0. The van der Waals surface area contributed by atoms with Gasteiger partial charge in [-0.15, -0.1) is 11.3 Å². The zero-order valence-corrected chi connectivity index (χ0v) is 14.5. The van der Waals surface area contributed by atoms with Crippen LogP contribution in [0, 0.1) is 6.92 Å². The van der Waals surface area contributed by atoms with Crippen LogP contribution in [0.15, 0.2) is 72.1 Å². The van der Waals surface area contributed by atoms with E-state index in [0.717, 1.165) is 11.3 Å². The number of hydrogen-bond donors (Lipinski definition) is 2. The third-order valence-electron chi connectivity index (χ3n) is 3.79. The van der Waals surface area contributed by atoms with E-state index in [4.69, 9.17) is 0 Å². The van der Waals surface area contributed by atoms with E-state index in [-0.39, 0.29) is 11.7 Å². The summed E-state index contributed by atoms with van der Waals surface area (Å²) in [6.45, 7) is 1.95. The Bertz CT molecular complexity index is 860. The smallest absolute Gasteiger partial charge is 0.263 e. The fraction of sp³-hybridized carbons (Fsp3) is 0.100. The number of anilines is 1. The zero-order chi connectivity index (χ0) is 17.6. The molecular weight excluding hydrogens is 332 g/mol. The zero-order valence-electron chi connectivity index (χ0n) is 13.7. The first-order valence-corrected chi connectivity index (χ1v) is 8.79. The van der Waals surface area contributed by atoms with Crippen molar-refractivity contribution in [3.63, 3.8) is 0 Å². The van der Waals surface area contributed by atoms with Crippen LogP contribution >= 0.6 is 11.3 Å². The summed E-state index contributed by atoms with van der Waals surface area (Å²) in [6.07, 6.45) is -0.849. The quantitative estimate of drug-likeness (QED) is 0.520. The maximum atomic E-state index is 12.9. The number of ketones is 1. The van der Waals surface area contributed by atoms with Crippen molar-refractivity contribution in [2.45, 2.75) is 13.1 Å². The van der Waals surface area contributed by atoms with Crippen LogP contribution in [0.2, 0.25) is 0 Å². The number of thiophene rings is 1. The summed E-state index contributed by atoms with van der Waals surface area (Å²) in [5.41, 5.74) is 2.35. The topological polar surface area (TPSA) is 58.2 Å². The number of rotatable bonds is 6. The normalized spacial score (nSPS) is 11.6. The average Bonchev–Trinajstić information content (AvgIpc) is 3.18. The van der Waals surface area contributed by atoms with Gasteiger partial charge in [0.05, 0.1) is 4.88 Å². The molecule has 3 rings (SSSR count). The second kappa shape index (κ2) is 7.77. The second-order valence-electron chi connectivity index (χ2n) is 5.57. The first-order valence-electron chi connectivity index (χ1n) is 7.91. The van der Waals surface area contributed by atoms with Crippen LogP contribution < -0.4 is 10.6 Å². The van der Waals surface area contributed by atoms with Crippen molar-refractivity contribution >= 4 is 28.7 Å². The number of carbonyl (C=O) groups is 2. The van der Waals surface area contributed by atoms with Crippen molar-refractivity contribution in [3.05, 3.63) is 88.1 Å². The van der Waals surface area contributed by atoms with Gasteiger partial charge >= 0.3 is 0 Å². The Morgan fingerprint density at radius 1 is 0.920 bits per heavy atom. The Labute approximate surface area is 150 Å². The van der Waals surface area contributed by atoms with Crippen LogP contribution in [0.5, 0.6) is 0 Å². The molecule has 0 unspecified atom stereocenters. The lowest BCUT2D eigenvalue weighted by Crippen LogP contribution is -2.46. The Hall–Kier alpha value is -2.92. The van der Waals surface area contributed by atoms with Crippen LogP contribution in [0.1, 0.15) is 25.6 Å². The molecule has 0 saturated carbocycles. The van der Waals surface area contributed by atoms with E-state index in [0.29, 0.717) is 10.4 Å². The first-order chi connectivity index (χ1) is 12.1. The molecule has 4 nitrogen and oxygen atoms in total. The van der Waals surface area contributed by atoms with Crippen molar-refractivity contribution in [3.8, 4) is 0 Å². The molecule has 0 spiro atoms. The molecule has 25 heavy (non-hydrogen) atoms. The number of benzene rings is 2. The summed E-state index contributed by atoms with van der Waals surface area (Å²) in [5.74, 6) is -0.459. The van der Waals surface area contributed by atoms with Gasteiger partial charge in [0.2, 0.25) is 5.78 Å². The minimum absolute atomic E-state index is 0.186. The molecule has 0 fully saturated rings. The number of nitrogens with one attached hydrogen (secondary N) is 2. The van der Waals surface area contributed by atoms with Gasteiger partial charge in [0.1, 0.15) is 0 Å². The molecule has 3 aromatic rings. The van der Waals surface area contributed by atoms with Gasteiger partial charge < -0.3 is 10.6 Å². The lowest BCUT2D eigenvalue weighted by Gasteiger charge is -2.21. The molecular formula is C20H18N2O2S. The van der Waals surface area contributed by atoms with E-state index < -0.39 is 6.17 Å².